The zero-order chi connectivity index (χ0) is 13.8. The lowest BCUT2D eigenvalue weighted by molar-refractivity contribution is 0.0943. The van der Waals surface area contributed by atoms with Crippen LogP contribution in [0, 0.1) is 0 Å². The van der Waals surface area contributed by atoms with E-state index in [1.54, 1.807) is 24.3 Å². The molecular weight excluding hydrogens is 258 g/mol. The number of hydrogen-bond donors (Lipinski definition) is 2. The molecule has 0 bridgehead atoms. The smallest absolute Gasteiger partial charge is 0.251 e. The van der Waals surface area contributed by atoms with Gasteiger partial charge in [0, 0.05) is 23.7 Å². The minimum Gasteiger partial charge on any atom is -0.389 e. The standard InChI is InChI=1S/C14H19N3OS/c1-17-8-2-3-12(17)9-16-14(18)11-6-4-10(5-7-11)13(15)19/h4-7,12H,2-3,8-9H2,1H3,(H2,15,19)(H,16,18). The summed E-state index contributed by atoms with van der Waals surface area (Å²) in [6, 6.07) is 7.52. The number of likely N-dealkylation sites (tertiary alicyclic amines) is 1. The second-order valence-corrected chi connectivity index (χ2v) is 5.37. The van der Waals surface area contributed by atoms with E-state index >= 15 is 0 Å². The van der Waals surface area contributed by atoms with Crippen molar-refractivity contribution in [3.63, 3.8) is 0 Å². The van der Waals surface area contributed by atoms with Crippen molar-refractivity contribution in [1.29, 1.82) is 0 Å². The maximum absolute atomic E-state index is 12.0. The topological polar surface area (TPSA) is 58.4 Å². The zero-order valence-electron chi connectivity index (χ0n) is 11.1. The van der Waals surface area contributed by atoms with Crippen molar-refractivity contribution in [2.24, 2.45) is 5.73 Å². The number of benzene rings is 1. The van der Waals surface area contributed by atoms with E-state index in [2.05, 4.69) is 17.3 Å². The summed E-state index contributed by atoms with van der Waals surface area (Å²) >= 11 is 4.88. The molecule has 1 aromatic carbocycles. The Morgan fingerprint density at radius 3 is 2.58 bits per heavy atom. The van der Waals surface area contributed by atoms with Crippen LogP contribution in [0.3, 0.4) is 0 Å². The monoisotopic (exact) mass is 277 g/mol. The Labute approximate surface area is 119 Å². The number of rotatable bonds is 4. The molecule has 4 nitrogen and oxygen atoms in total. The average Bonchev–Trinajstić information content (AvgIpc) is 2.81. The van der Waals surface area contributed by atoms with Crippen LogP contribution in [0.2, 0.25) is 0 Å². The quantitative estimate of drug-likeness (QED) is 0.811. The molecule has 3 N–H and O–H groups in total. The summed E-state index contributed by atoms with van der Waals surface area (Å²) in [5, 5.41) is 2.98. The van der Waals surface area contributed by atoms with Crippen molar-refractivity contribution < 1.29 is 4.79 Å². The number of thiocarbonyl (C=S) groups is 1. The van der Waals surface area contributed by atoms with E-state index in [4.69, 9.17) is 18.0 Å². The van der Waals surface area contributed by atoms with Crippen molar-refractivity contribution >= 4 is 23.1 Å². The third kappa shape index (κ3) is 3.52. The van der Waals surface area contributed by atoms with Gasteiger partial charge in [0.05, 0.1) is 0 Å². The lowest BCUT2D eigenvalue weighted by atomic mass is 10.1. The second kappa shape index (κ2) is 6.12. The van der Waals surface area contributed by atoms with Crippen molar-refractivity contribution in [2.45, 2.75) is 18.9 Å². The molecule has 1 unspecified atom stereocenters. The highest BCUT2D eigenvalue weighted by Crippen LogP contribution is 2.13. The van der Waals surface area contributed by atoms with Gasteiger partial charge in [0.1, 0.15) is 4.99 Å². The molecule has 1 heterocycles. The predicted molar refractivity (Wildman–Crippen MR) is 80.3 cm³/mol. The summed E-state index contributed by atoms with van der Waals surface area (Å²) in [7, 11) is 2.10. The Morgan fingerprint density at radius 2 is 2.05 bits per heavy atom. The first-order valence-electron chi connectivity index (χ1n) is 6.46. The van der Waals surface area contributed by atoms with Gasteiger partial charge in [0.15, 0.2) is 0 Å². The number of nitrogens with two attached hydrogens (primary N) is 1. The highest BCUT2D eigenvalue weighted by Gasteiger charge is 2.21. The SMILES string of the molecule is CN1CCCC1CNC(=O)c1ccc(C(N)=S)cc1. The Hall–Kier alpha value is -1.46. The van der Waals surface area contributed by atoms with Gasteiger partial charge in [-0.3, -0.25) is 4.79 Å². The summed E-state index contributed by atoms with van der Waals surface area (Å²) in [6.07, 6.45) is 2.36. The number of amides is 1. The first-order chi connectivity index (χ1) is 9.08. The number of likely N-dealkylation sites (N-methyl/N-ethyl adjacent to an activating group) is 1. The van der Waals surface area contributed by atoms with Gasteiger partial charge in [-0.15, -0.1) is 0 Å². The number of hydrogen-bond acceptors (Lipinski definition) is 3. The Balaban J connectivity index is 1.90. The van der Waals surface area contributed by atoms with Gasteiger partial charge in [-0.2, -0.15) is 0 Å². The van der Waals surface area contributed by atoms with Gasteiger partial charge >= 0.3 is 0 Å². The number of carbonyl (C=O) groups is 1. The fourth-order valence-electron chi connectivity index (χ4n) is 2.34. The normalized spacial score (nSPS) is 19.3. The van der Waals surface area contributed by atoms with E-state index in [1.165, 1.54) is 6.42 Å². The van der Waals surface area contributed by atoms with Crippen molar-refractivity contribution in [3.05, 3.63) is 35.4 Å². The number of carbonyl (C=O) groups excluding carboxylic acids is 1. The van der Waals surface area contributed by atoms with E-state index in [9.17, 15) is 4.79 Å². The van der Waals surface area contributed by atoms with Crippen molar-refractivity contribution in [2.75, 3.05) is 20.1 Å². The van der Waals surface area contributed by atoms with Crippen LogP contribution in [0.15, 0.2) is 24.3 Å². The van der Waals surface area contributed by atoms with Crippen LogP contribution >= 0.6 is 12.2 Å². The minimum atomic E-state index is -0.0465. The summed E-state index contributed by atoms with van der Waals surface area (Å²) < 4.78 is 0. The fourth-order valence-corrected chi connectivity index (χ4v) is 2.47. The molecule has 1 aliphatic heterocycles. The molecule has 102 valence electrons. The Morgan fingerprint density at radius 1 is 1.42 bits per heavy atom. The van der Waals surface area contributed by atoms with Gasteiger partial charge in [-0.25, -0.2) is 0 Å². The second-order valence-electron chi connectivity index (χ2n) is 4.93. The molecule has 2 rings (SSSR count). The summed E-state index contributed by atoms with van der Waals surface area (Å²) in [4.78, 5) is 14.6. The van der Waals surface area contributed by atoms with Crippen LogP contribution in [0.5, 0.6) is 0 Å². The van der Waals surface area contributed by atoms with Crippen LogP contribution in [0.25, 0.3) is 0 Å². The fraction of sp³-hybridized carbons (Fsp3) is 0.429. The molecule has 1 atom stereocenters. The number of nitrogens with zero attached hydrogens (tertiary/aromatic N) is 1. The molecule has 0 aromatic heterocycles. The van der Waals surface area contributed by atoms with E-state index in [0.29, 0.717) is 23.1 Å². The molecule has 1 aromatic rings. The maximum atomic E-state index is 12.0. The first-order valence-corrected chi connectivity index (χ1v) is 6.87. The van der Waals surface area contributed by atoms with Crippen molar-refractivity contribution in [1.82, 2.24) is 10.2 Å². The molecule has 0 radical (unpaired) electrons. The Bertz CT molecular complexity index is 472. The molecule has 0 aliphatic carbocycles. The van der Waals surface area contributed by atoms with E-state index in [-0.39, 0.29) is 5.91 Å². The van der Waals surface area contributed by atoms with Crippen molar-refractivity contribution in [3.8, 4) is 0 Å². The lowest BCUT2D eigenvalue weighted by Gasteiger charge is -2.19. The Kier molecular flexibility index (Phi) is 4.50. The summed E-state index contributed by atoms with van der Waals surface area (Å²) in [5.74, 6) is -0.0465. The van der Waals surface area contributed by atoms with Crippen LogP contribution in [-0.4, -0.2) is 42.0 Å². The van der Waals surface area contributed by atoms with Crippen LogP contribution in [-0.2, 0) is 0 Å². The summed E-state index contributed by atoms with van der Waals surface area (Å²) in [5.41, 5.74) is 6.94. The predicted octanol–water partition coefficient (Wildman–Crippen LogP) is 1.14. The highest BCUT2D eigenvalue weighted by atomic mass is 32.1. The zero-order valence-corrected chi connectivity index (χ0v) is 11.9. The molecule has 5 heteroatoms. The van der Waals surface area contributed by atoms with Crippen LogP contribution in [0.4, 0.5) is 0 Å². The molecule has 0 spiro atoms. The van der Waals surface area contributed by atoms with Gasteiger partial charge in [0.25, 0.3) is 5.91 Å². The largest absolute Gasteiger partial charge is 0.389 e. The molecule has 1 saturated heterocycles. The third-order valence-corrected chi connectivity index (χ3v) is 3.84. The highest BCUT2D eigenvalue weighted by molar-refractivity contribution is 7.80. The maximum Gasteiger partial charge on any atom is 0.251 e. The molecule has 0 saturated carbocycles. The van der Waals surface area contributed by atoms with Gasteiger partial charge in [-0.1, -0.05) is 24.4 Å². The molecule has 19 heavy (non-hydrogen) atoms. The number of nitrogens with one attached hydrogen (secondary N) is 1. The van der Waals surface area contributed by atoms with Gasteiger partial charge < -0.3 is 16.0 Å². The van der Waals surface area contributed by atoms with Gasteiger partial charge in [-0.05, 0) is 38.6 Å². The minimum absolute atomic E-state index is 0.0465. The molecular formula is C14H19N3OS. The lowest BCUT2D eigenvalue weighted by Crippen LogP contribution is -2.38. The van der Waals surface area contributed by atoms with E-state index in [1.807, 2.05) is 0 Å². The molecule has 1 fully saturated rings. The van der Waals surface area contributed by atoms with E-state index in [0.717, 1.165) is 18.5 Å². The average molecular weight is 277 g/mol. The molecule has 1 aliphatic rings. The summed E-state index contributed by atoms with van der Waals surface area (Å²) in [6.45, 7) is 1.82. The van der Waals surface area contributed by atoms with Crippen LogP contribution < -0.4 is 11.1 Å². The molecule has 1 amide bonds. The van der Waals surface area contributed by atoms with Gasteiger partial charge in [0.2, 0.25) is 0 Å². The van der Waals surface area contributed by atoms with E-state index < -0.39 is 0 Å². The first kappa shape index (κ1) is 14.0. The third-order valence-electron chi connectivity index (χ3n) is 3.60. The van der Waals surface area contributed by atoms with Crippen LogP contribution in [0.1, 0.15) is 28.8 Å².